The molecule has 0 aliphatic carbocycles. The molecule has 0 spiro atoms. The van der Waals surface area contributed by atoms with Crippen molar-refractivity contribution in [3.05, 3.63) is 101 Å². The molecule has 3 aromatic rings. The lowest BCUT2D eigenvalue weighted by Crippen LogP contribution is -2.59. The van der Waals surface area contributed by atoms with E-state index in [0.717, 1.165) is 22.5 Å². The number of ether oxygens (including phenoxy) is 2. The van der Waals surface area contributed by atoms with Crippen molar-refractivity contribution in [3.63, 3.8) is 0 Å². The molecule has 0 unspecified atom stereocenters. The average molecular weight is 854 g/mol. The van der Waals surface area contributed by atoms with Gasteiger partial charge in [-0.25, -0.2) is 9.59 Å². The lowest BCUT2D eigenvalue weighted by molar-refractivity contribution is -0.131. The first-order chi connectivity index (χ1) is 28.1. The van der Waals surface area contributed by atoms with Crippen LogP contribution in [0, 0.1) is 17.8 Å². The van der Waals surface area contributed by atoms with Crippen LogP contribution in [-0.2, 0) is 43.0 Å². The van der Waals surface area contributed by atoms with Gasteiger partial charge in [-0.05, 0) is 60.3 Å². The summed E-state index contributed by atoms with van der Waals surface area (Å²) in [5, 5.41) is 8.90. The minimum atomic E-state index is -4.73. The highest BCUT2D eigenvalue weighted by Gasteiger charge is 2.45. The highest BCUT2D eigenvalue weighted by atomic mass is 31.2. The maximum absolute atomic E-state index is 14.7. The summed E-state index contributed by atoms with van der Waals surface area (Å²) in [4.78, 5) is 92.2. The van der Waals surface area contributed by atoms with Crippen molar-refractivity contribution in [2.24, 2.45) is 10.8 Å². The molecule has 17 heteroatoms. The number of rotatable bonds is 19. The van der Waals surface area contributed by atoms with Gasteiger partial charge in [0.1, 0.15) is 12.1 Å². The van der Waals surface area contributed by atoms with Gasteiger partial charge in [0.15, 0.2) is 6.79 Å². The van der Waals surface area contributed by atoms with Gasteiger partial charge in [0.05, 0.1) is 31.5 Å². The smallest absolute Gasteiger partial charge is 0.453 e. The number of benzene rings is 2. The van der Waals surface area contributed by atoms with E-state index in [4.69, 9.17) is 14.0 Å². The average Bonchev–Trinajstić information content (AvgIpc) is 3.50. The number of methoxy groups -OCH3 is 1. The number of hydrogen-bond donors (Lipinski definition) is 6. The number of amides is 5. The van der Waals surface area contributed by atoms with Gasteiger partial charge in [0, 0.05) is 24.8 Å². The molecule has 6 N–H and O–H groups in total. The Morgan fingerprint density at radius 1 is 0.800 bits per heavy atom. The van der Waals surface area contributed by atoms with Crippen molar-refractivity contribution < 1.29 is 47.9 Å². The molecule has 5 amide bonds. The van der Waals surface area contributed by atoms with E-state index >= 15 is 0 Å². The van der Waals surface area contributed by atoms with Crippen LogP contribution in [0.4, 0.5) is 9.59 Å². The van der Waals surface area contributed by atoms with E-state index in [1.807, 2.05) is 107 Å². The number of urea groups is 1. The third kappa shape index (κ3) is 14.8. The third-order valence-electron chi connectivity index (χ3n) is 10.2. The Morgan fingerprint density at radius 2 is 1.42 bits per heavy atom. The summed E-state index contributed by atoms with van der Waals surface area (Å²) in [6, 6.07) is 20.6. The van der Waals surface area contributed by atoms with Crippen molar-refractivity contribution in [1.82, 2.24) is 30.7 Å². The number of aromatic nitrogens is 1. The van der Waals surface area contributed by atoms with Crippen LogP contribution >= 0.6 is 8.17 Å². The van der Waals surface area contributed by atoms with Gasteiger partial charge in [-0.15, -0.1) is 4.52 Å². The standard InChI is InChI=1S/C43H61N6O10P/c1-29-16-15-21-32(44-29)27-48-22-23-49(41(48)53)37(43(5,6)7)39(51)45-33(24-30-17-11-9-12-18-30)26-35(58-28-59-60(54,55)56)34(25-31-19-13-10-14-20-31)46-38(50)36(42(2,3)4)47-40(52)57-8/h9-21,33-37,54-56H,22-28H2,1-8H3,(H2-,45,46,47,50,51,52)/p+1/t33-,34-,35-,36+,37+/m0/s1. The molecule has 1 fully saturated rings. The minimum Gasteiger partial charge on any atom is -0.453 e. The molecule has 16 nitrogen and oxygen atoms in total. The van der Waals surface area contributed by atoms with Gasteiger partial charge >= 0.3 is 20.3 Å². The zero-order valence-electron chi connectivity index (χ0n) is 35.8. The van der Waals surface area contributed by atoms with Gasteiger partial charge in [0.25, 0.3) is 0 Å². The fraction of sp³-hybridized carbons (Fsp3) is 0.512. The minimum absolute atomic E-state index is 0.0378. The fourth-order valence-electron chi connectivity index (χ4n) is 7.32. The van der Waals surface area contributed by atoms with Gasteiger partial charge in [-0.2, -0.15) is 14.7 Å². The Bertz CT molecular complexity index is 1870. The summed E-state index contributed by atoms with van der Waals surface area (Å²) in [5.41, 5.74) is 1.80. The Labute approximate surface area is 353 Å². The molecule has 0 bridgehead atoms. The molecule has 0 saturated carbocycles. The number of hydrogen-bond acceptors (Lipinski definition) is 11. The Hall–Kier alpha value is -4.70. The van der Waals surface area contributed by atoms with Gasteiger partial charge < -0.3 is 35.2 Å². The van der Waals surface area contributed by atoms with E-state index in [2.05, 4.69) is 20.9 Å². The van der Waals surface area contributed by atoms with Crippen LogP contribution in [0.3, 0.4) is 0 Å². The molecular formula is C43H62N6O10P+. The van der Waals surface area contributed by atoms with Crippen LogP contribution in [0.5, 0.6) is 0 Å². The molecule has 4 rings (SSSR count). The summed E-state index contributed by atoms with van der Waals surface area (Å²) < 4.78 is 15.8. The second-order valence-electron chi connectivity index (χ2n) is 17.3. The van der Waals surface area contributed by atoms with Crippen LogP contribution in [0.15, 0.2) is 78.9 Å². The maximum atomic E-state index is 14.7. The van der Waals surface area contributed by atoms with E-state index in [0.29, 0.717) is 26.1 Å². The van der Waals surface area contributed by atoms with Crippen LogP contribution in [-0.4, -0.2) is 111 Å². The molecule has 1 aromatic heterocycles. The van der Waals surface area contributed by atoms with Crippen molar-refractivity contribution in [1.29, 1.82) is 0 Å². The number of alkyl carbamates (subject to hydrolysis) is 1. The Balaban J connectivity index is 1.71. The largest absolute Gasteiger partial charge is 0.569 e. The van der Waals surface area contributed by atoms with Crippen molar-refractivity contribution in [3.8, 4) is 0 Å². The molecular weight excluding hydrogens is 791 g/mol. The van der Waals surface area contributed by atoms with Crippen LogP contribution in [0.25, 0.3) is 0 Å². The van der Waals surface area contributed by atoms with Crippen molar-refractivity contribution >= 4 is 32.1 Å². The van der Waals surface area contributed by atoms with Crippen LogP contribution in [0.1, 0.15) is 70.5 Å². The zero-order chi connectivity index (χ0) is 44.3. The van der Waals surface area contributed by atoms with Crippen LogP contribution < -0.4 is 16.0 Å². The van der Waals surface area contributed by atoms with Gasteiger partial charge in [-0.1, -0.05) is 108 Å². The molecule has 5 atom stereocenters. The summed E-state index contributed by atoms with van der Waals surface area (Å²) in [6.07, 6.45) is -1.26. The molecule has 60 heavy (non-hydrogen) atoms. The van der Waals surface area contributed by atoms with E-state index < -0.39 is 74.0 Å². The van der Waals surface area contributed by atoms with Crippen molar-refractivity contribution in [2.45, 2.75) is 105 Å². The summed E-state index contributed by atoms with van der Waals surface area (Å²) in [6.45, 7) is 13.2. The van der Waals surface area contributed by atoms with Crippen LogP contribution in [0.2, 0.25) is 0 Å². The number of pyridine rings is 1. The first-order valence-corrected chi connectivity index (χ1v) is 21.6. The first-order valence-electron chi connectivity index (χ1n) is 20.0. The van der Waals surface area contributed by atoms with Gasteiger partial charge in [0.2, 0.25) is 11.8 Å². The van der Waals surface area contributed by atoms with E-state index in [1.54, 1.807) is 30.6 Å². The number of nitrogens with zero attached hydrogens (tertiary/aromatic N) is 3. The predicted octanol–water partition coefficient (Wildman–Crippen LogP) is 4.67. The van der Waals surface area contributed by atoms with E-state index in [9.17, 15) is 33.9 Å². The highest BCUT2D eigenvalue weighted by molar-refractivity contribution is 7.53. The van der Waals surface area contributed by atoms with Crippen molar-refractivity contribution in [2.75, 3.05) is 27.0 Å². The third-order valence-corrected chi connectivity index (χ3v) is 10.6. The Morgan fingerprint density at radius 3 is 1.97 bits per heavy atom. The van der Waals surface area contributed by atoms with E-state index in [1.165, 1.54) is 7.11 Å². The lowest BCUT2D eigenvalue weighted by atomic mass is 9.84. The SMILES string of the molecule is COC(=O)N[C@H](C(=O)N[C@@H](Cc1ccccc1)[C@H](C[C@H](Cc1ccccc1)NC(=O)[C@@H](N1CCN(Cc2cccc(C)n2)C1=O)C(C)(C)C)OCO[P+](O)(O)O)C(C)(C)C. The quantitative estimate of drug-likeness (QED) is 0.0721. The summed E-state index contributed by atoms with van der Waals surface area (Å²) in [7, 11) is -3.53. The second kappa shape index (κ2) is 21.2. The fourth-order valence-corrected chi connectivity index (χ4v) is 7.53. The maximum Gasteiger partial charge on any atom is 0.569 e. The molecule has 1 aliphatic rings. The second-order valence-corrected chi connectivity index (χ2v) is 18.6. The molecule has 2 heterocycles. The molecule has 328 valence electrons. The topological polar surface area (TPSA) is 212 Å². The predicted molar refractivity (Wildman–Crippen MR) is 227 cm³/mol. The first kappa shape index (κ1) is 48.0. The van der Waals surface area contributed by atoms with Gasteiger partial charge in [-0.3, -0.25) is 14.6 Å². The zero-order valence-corrected chi connectivity index (χ0v) is 36.7. The number of nitrogens with one attached hydrogen (secondary N) is 3. The summed E-state index contributed by atoms with van der Waals surface area (Å²) in [5.74, 6) is -0.946. The normalized spacial score (nSPS) is 16.1. The number of carbonyl (C=O) groups excluding carboxylic acids is 4. The molecule has 0 radical (unpaired) electrons. The highest BCUT2D eigenvalue weighted by Crippen LogP contribution is 2.45. The number of aryl methyl sites for hydroxylation is 1. The van der Waals surface area contributed by atoms with E-state index in [-0.39, 0.29) is 18.9 Å². The summed E-state index contributed by atoms with van der Waals surface area (Å²) >= 11 is 0. The monoisotopic (exact) mass is 853 g/mol. The molecule has 1 saturated heterocycles. The molecule has 1 aliphatic heterocycles. The number of carbonyl (C=O) groups is 4. The lowest BCUT2D eigenvalue weighted by Gasteiger charge is -2.38. The molecule has 2 aromatic carbocycles. The Kier molecular flexibility index (Phi) is 17.0.